The third-order valence-electron chi connectivity index (χ3n) is 9.86. The molecule has 0 unspecified atom stereocenters. The number of hydrogen-bond acceptors (Lipinski definition) is 2. The van der Waals surface area contributed by atoms with Crippen LogP contribution < -0.4 is 4.74 Å². The van der Waals surface area contributed by atoms with Crippen molar-refractivity contribution in [1.82, 2.24) is 4.90 Å². The molecule has 4 aliphatic rings. The molecule has 0 spiro atoms. The summed E-state index contributed by atoms with van der Waals surface area (Å²) in [5.74, 6) is 4.20. The first kappa shape index (κ1) is 20.2. The number of carbonyl (C=O) groups is 1. The van der Waals surface area contributed by atoms with Crippen LogP contribution in [0.1, 0.15) is 64.4 Å². The largest absolute Gasteiger partial charge is 0.497 e. The Balaban J connectivity index is 1.43. The molecule has 3 fully saturated rings. The summed E-state index contributed by atoms with van der Waals surface area (Å²) >= 11 is 0. The molecule has 0 radical (unpaired) electrons. The average molecular weight is 408 g/mol. The van der Waals surface area contributed by atoms with Gasteiger partial charge in [-0.05, 0) is 96.3 Å². The Morgan fingerprint density at radius 2 is 1.93 bits per heavy atom. The minimum atomic E-state index is 0.272. The highest BCUT2D eigenvalue weighted by Crippen LogP contribution is 2.66. The Morgan fingerprint density at radius 3 is 2.73 bits per heavy atom. The number of carbonyl (C=O) groups excluding carboxylic acids is 1. The highest BCUT2D eigenvalue weighted by molar-refractivity contribution is 5.76. The van der Waals surface area contributed by atoms with Crippen molar-refractivity contribution in [2.24, 2.45) is 34.5 Å². The van der Waals surface area contributed by atoms with Gasteiger partial charge in [0.05, 0.1) is 7.11 Å². The van der Waals surface area contributed by atoms with E-state index in [4.69, 9.17) is 4.74 Å². The summed E-state index contributed by atoms with van der Waals surface area (Å²) in [5, 5.41) is 0. The summed E-state index contributed by atoms with van der Waals surface area (Å²) in [7, 11) is 3.76. The molecule has 1 aromatic carbocycles. The normalized spacial score (nSPS) is 40.7. The monoisotopic (exact) mass is 407 g/mol. The molecule has 2 saturated carbocycles. The van der Waals surface area contributed by atoms with E-state index < -0.39 is 0 Å². The molecule has 1 aromatic rings. The maximum Gasteiger partial charge on any atom is 0.222 e. The highest BCUT2D eigenvalue weighted by Gasteiger charge is 2.58. The zero-order valence-electron chi connectivity index (χ0n) is 19.1. The van der Waals surface area contributed by atoms with Crippen LogP contribution in [-0.4, -0.2) is 31.5 Å². The lowest BCUT2D eigenvalue weighted by atomic mass is 9.46. The molecule has 1 aliphatic heterocycles. The third-order valence-corrected chi connectivity index (χ3v) is 9.86. The minimum absolute atomic E-state index is 0.272. The quantitative estimate of drug-likeness (QED) is 0.620. The van der Waals surface area contributed by atoms with Gasteiger partial charge in [0, 0.05) is 20.0 Å². The predicted molar refractivity (Wildman–Crippen MR) is 121 cm³/mol. The van der Waals surface area contributed by atoms with Crippen LogP contribution in [0.4, 0.5) is 0 Å². The van der Waals surface area contributed by atoms with Crippen molar-refractivity contribution in [3.8, 4) is 5.75 Å². The van der Waals surface area contributed by atoms with Gasteiger partial charge in [0.2, 0.25) is 5.91 Å². The third kappa shape index (κ3) is 2.87. The van der Waals surface area contributed by atoms with Gasteiger partial charge in [-0.2, -0.15) is 0 Å². The van der Waals surface area contributed by atoms with E-state index in [-0.39, 0.29) is 5.41 Å². The van der Waals surface area contributed by atoms with Crippen LogP contribution in [0.5, 0.6) is 5.75 Å². The van der Waals surface area contributed by atoms with E-state index in [9.17, 15) is 4.79 Å². The molecule has 5 rings (SSSR count). The van der Waals surface area contributed by atoms with Gasteiger partial charge >= 0.3 is 0 Å². The Bertz CT molecular complexity index is 875. The number of benzene rings is 1. The van der Waals surface area contributed by atoms with Crippen molar-refractivity contribution in [3.05, 3.63) is 35.9 Å². The van der Waals surface area contributed by atoms with Gasteiger partial charge in [-0.25, -0.2) is 0 Å². The zero-order valence-corrected chi connectivity index (χ0v) is 19.1. The van der Waals surface area contributed by atoms with Gasteiger partial charge in [0.25, 0.3) is 0 Å². The summed E-state index contributed by atoms with van der Waals surface area (Å²) in [6.07, 6.45) is 10.8. The average Bonchev–Trinajstić information content (AvgIpc) is 3.05. The second-order valence-corrected chi connectivity index (χ2v) is 11.0. The summed E-state index contributed by atoms with van der Waals surface area (Å²) in [4.78, 5) is 14.6. The fraction of sp³-hybridized carbons (Fsp3) is 0.667. The molecular formula is C27H37NO2. The first-order valence-electron chi connectivity index (χ1n) is 12.0. The number of hydrogen-bond donors (Lipinski definition) is 0. The van der Waals surface area contributed by atoms with E-state index in [1.165, 1.54) is 44.1 Å². The van der Waals surface area contributed by atoms with Gasteiger partial charge in [-0.1, -0.05) is 32.1 Å². The van der Waals surface area contributed by atoms with E-state index in [2.05, 4.69) is 38.1 Å². The van der Waals surface area contributed by atoms with Gasteiger partial charge in [0.15, 0.2) is 0 Å². The minimum Gasteiger partial charge on any atom is -0.497 e. The number of rotatable bonds is 2. The number of methoxy groups -OCH3 is 1. The standard InChI is InChI=1S/C27H37NO2/c1-26-14-15-28(3)25(29)17-19(26)8-9-21-23-11-10-22(27(23,2)13-12-24(21)26)18-6-5-7-20(16-18)30-4/h5-7,10,16,19,21,23-24H,8-9,11-15,17H2,1-4H3/t19-,21-,23-,24-,26-,27+/m0/s1. The van der Waals surface area contributed by atoms with Gasteiger partial charge in [0.1, 0.15) is 5.75 Å². The Hall–Kier alpha value is -1.77. The zero-order chi connectivity index (χ0) is 21.1. The molecular weight excluding hydrogens is 370 g/mol. The first-order chi connectivity index (χ1) is 14.4. The van der Waals surface area contributed by atoms with Crippen molar-refractivity contribution in [2.75, 3.05) is 20.7 Å². The maximum absolute atomic E-state index is 12.6. The second kappa shape index (κ2) is 7.14. The van der Waals surface area contributed by atoms with Crippen LogP contribution in [0.25, 0.3) is 5.57 Å². The first-order valence-corrected chi connectivity index (χ1v) is 12.0. The summed E-state index contributed by atoms with van der Waals surface area (Å²) in [6.45, 7) is 6.00. The van der Waals surface area contributed by atoms with Crippen LogP contribution >= 0.6 is 0 Å². The van der Waals surface area contributed by atoms with E-state index in [1.807, 2.05) is 18.0 Å². The summed E-state index contributed by atoms with van der Waals surface area (Å²) in [6, 6.07) is 8.65. The summed E-state index contributed by atoms with van der Waals surface area (Å²) < 4.78 is 5.51. The fourth-order valence-electron chi connectivity index (χ4n) is 7.97. The Morgan fingerprint density at radius 1 is 1.10 bits per heavy atom. The maximum atomic E-state index is 12.6. The molecule has 3 heteroatoms. The lowest BCUT2D eigenvalue weighted by Gasteiger charge is -2.58. The number of ether oxygens (including phenoxy) is 1. The molecule has 162 valence electrons. The number of amides is 1. The van der Waals surface area contributed by atoms with E-state index in [0.29, 0.717) is 17.2 Å². The molecule has 3 aliphatic carbocycles. The Kier molecular flexibility index (Phi) is 4.79. The van der Waals surface area contributed by atoms with Crippen LogP contribution in [0.3, 0.4) is 0 Å². The van der Waals surface area contributed by atoms with Gasteiger partial charge in [-0.15, -0.1) is 0 Å². The van der Waals surface area contributed by atoms with Gasteiger partial charge < -0.3 is 9.64 Å². The smallest absolute Gasteiger partial charge is 0.222 e. The van der Waals surface area contributed by atoms with Crippen LogP contribution in [0.2, 0.25) is 0 Å². The molecule has 1 amide bonds. The molecule has 1 heterocycles. The van der Waals surface area contributed by atoms with Gasteiger partial charge in [-0.3, -0.25) is 4.79 Å². The van der Waals surface area contributed by atoms with Crippen molar-refractivity contribution < 1.29 is 9.53 Å². The van der Waals surface area contributed by atoms with Crippen LogP contribution in [0, 0.1) is 34.5 Å². The van der Waals surface area contributed by atoms with Crippen LogP contribution in [0.15, 0.2) is 30.3 Å². The van der Waals surface area contributed by atoms with Crippen molar-refractivity contribution >= 4 is 11.5 Å². The molecule has 6 atom stereocenters. The van der Waals surface area contributed by atoms with Crippen molar-refractivity contribution in [3.63, 3.8) is 0 Å². The molecule has 1 saturated heterocycles. The fourth-order valence-corrected chi connectivity index (χ4v) is 7.97. The topological polar surface area (TPSA) is 29.5 Å². The summed E-state index contributed by atoms with van der Waals surface area (Å²) in [5.41, 5.74) is 3.49. The molecule has 3 nitrogen and oxygen atoms in total. The molecule has 0 bridgehead atoms. The number of nitrogens with zero attached hydrogens (tertiary/aromatic N) is 1. The second-order valence-electron chi connectivity index (χ2n) is 11.0. The SMILES string of the molecule is COc1cccc(C2=CC[C@H]3[C@@H]4CC[C@H]5CC(=O)N(C)CC[C@]5(C)[C@H]4CC[C@]23C)c1. The predicted octanol–water partition coefficient (Wildman–Crippen LogP) is 5.80. The van der Waals surface area contributed by atoms with Crippen molar-refractivity contribution in [1.29, 1.82) is 0 Å². The molecule has 0 N–H and O–H groups in total. The number of likely N-dealkylation sites (tertiary alicyclic amines) is 1. The van der Waals surface area contributed by atoms with E-state index in [1.54, 1.807) is 12.7 Å². The van der Waals surface area contributed by atoms with Crippen LogP contribution in [-0.2, 0) is 4.79 Å². The highest BCUT2D eigenvalue weighted by atomic mass is 16.5. The molecule has 0 aromatic heterocycles. The Labute approximate surface area is 181 Å². The number of allylic oxidation sites excluding steroid dienone is 2. The number of fused-ring (bicyclic) bond motifs is 5. The van der Waals surface area contributed by atoms with E-state index >= 15 is 0 Å². The lowest BCUT2D eigenvalue weighted by molar-refractivity contribution is -0.131. The van der Waals surface area contributed by atoms with Crippen molar-refractivity contribution in [2.45, 2.75) is 58.8 Å². The lowest BCUT2D eigenvalue weighted by Crippen LogP contribution is -2.51. The molecule has 30 heavy (non-hydrogen) atoms. The van der Waals surface area contributed by atoms with E-state index in [0.717, 1.165) is 36.5 Å².